The van der Waals surface area contributed by atoms with Gasteiger partial charge in [0.1, 0.15) is 0 Å². The van der Waals surface area contributed by atoms with Crippen molar-refractivity contribution in [3.8, 4) is 0 Å². The van der Waals surface area contributed by atoms with Gasteiger partial charge in [-0.2, -0.15) is 16.9 Å². The number of nitrogens with zero attached hydrogens (tertiary/aromatic N) is 2. The first-order valence-electron chi connectivity index (χ1n) is 6.06. The van der Waals surface area contributed by atoms with E-state index in [0.29, 0.717) is 4.75 Å². The van der Waals surface area contributed by atoms with E-state index >= 15 is 0 Å². The first-order valence-corrected chi connectivity index (χ1v) is 7.29. The van der Waals surface area contributed by atoms with E-state index in [-0.39, 0.29) is 0 Å². The average molecular weight is 239 g/mol. The van der Waals surface area contributed by atoms with Gasteiger partial charge in [-0.05, 0) is 32.1 Å². The predicted molar refractivity (Wildman–Crippen MR) is 69.7 cm³/mol. The summed E-state index contributed by atoms with van der Waals surface area (Å²) in [5, 5.41) is 7.85. The van der Waals surface area contributed by atoms with Gasteiger partial charge < -0.3 is 5.32 Å². The first kappa shape index (κ1) is 12.0. The molecular weight excluding hydrogens is 218 g/mol. The Morgan fingerprint density at radius 1 is 1.56 bits per heavy atom. The minimum Gasteiger partial charge on any atom is -0.310 e. The normalized spacial score (nSPS) is 18.4. The molecule has 16 heavy (non-hydrogen) atoms. The van der Waals surface area contributed by atoms with Crippen molar-refractivity contribution in [1.82, 2.24) is 15.1 Å². The van der Waals surface area contributed by atoms with Gasteiger partial charge in [-0.1, -0.05) is 6.42 Å². The van der Waals surface area contributed by atoms with Crippen molar-refractivity contribution in [2.24, 2.45) is 0 Å². The van der Waals surface area contributed by atoms with Crippen molar-refractivity contribution in [3.63, 3.8) is 0 Å². The van der Waals surface area contributed by atoms with Crippen LogP contribution in [0.5, 0.6) is 0 Å². The Kier molecular flexibility index (Phi) is 3.92. The fourth-order valence-corrected chi connectivity index (χ4v) is 3.18. The lowest BCUT2D eigenvalue weighted by molar-refractivity contribution is 0.343. The van der Waals surface area contributed by atoms with E-state index in [2.05, 4.69) is 34.3 Å². The third-order valence-electron chi connectivity index (χ3n) is 3.56. The Hall–Kier alpha value is -0.480. The van der Waals surface area contributed by atoms with E-state index in [9.17, 15) is 0 Å². The van der Waals surface area contributed by atoms with Crippen molar-refractivity contribution in [3.05, 3.63) is 18.0 Å². The summed E-state index contributed by atoms with van der Waals surface area (Å²) in [5.41, 5.74) is 1.29. The largest absolute Gasteiger partial charge is 0.310 e. The summed E-state index contributed by atoms with van der Waals surface area (Å²) in [7, 11) is 0. The molecule has 1 N–H and O–H groups in total. The molecule has 0 radical (unpaired) electrons. The van der Waals surface area contributed by atoms with Gasteiger partial charge in [0.05, 0.1) is 5.69 Å². The molecule has 1 aromatic heterocycles. The van der Waals surface area contributed by atoms with Crippen LogP contribution in [0.3, 0.4) is 0 Å². The molecule has 2 rings (SSSR count). The quantitative estimate of drug-likeness (QED) is 0.826. The van der Waals surface area contributed by atoms with Crippen molar-refractivity contribution >= 4 is 11.8 Å². The van der Waals surface area contributed by atoms with Crippen LogP contribution in [-0.2, 0) is 13.1 Å². The molecule has 0 atom stereocenters. The van der Waals surface area contributed by atoms with Crippen LogP contribution in [0.2, 0.25) is 0 Å². The van der Waals surface area contributed by atoms with Crippen LogP contribution in [-0.4, -0.2) is 27.3 Å². The van der Waals surface area contributed by atoms with Gasteiger partial charge in [0.15, 0.2) is 0 Å². The Bertz CT molecular complexity index is 325. The number of hydrogen-bond donors (Lipinski definition) is 1. The number of aromatic nitrogens is 2. The smallest absolute Gasteiger partial charge is 0.0521 e. The van der Waals surface area contributed by atoms with E-state index in [0.717, 1.165) is 19.6 Å². The van der Waals surface area contributed by atoms with E-state index in [1.54, 1.807) is 0 Å². The molecule has 1 saturated carbocycles. The van der Waals surface area contributed by atoms with Gasteiger partial charge in [-0.3, -0.25) is 4.68 Å². The zero-order valence-electron chi connectivity index (χ0n) is 10.2. The fraction of sp³-hybridized carbons (Fsp3) is 0.750. The van der Waals surface area contributed by atoms with Crippen LogP contribution in [0.25, 0.3) is 0 Å². The molecule has 1 fully saturated rings. The number of aryl methyl sites for hydroxylation is 1. The molecule has 0 amide bonds. The molecular formula is C12H21N3S. The Labute approximate surface area is 102 Å². The molecule has 0 spiro atoms. The van der Waals surface area contributed by atoms with Gasteiger partial charge >= 0.3 is 0 Å². The number of hydrogen-bond acceptors (Lipinski definition) is 3. The number of nitrogens with one attached hydrogen (secondary N) is 1. The highest BCUT2D eigenvalue weighted by Crippen LogP contribution is 2.42. The molecule has 0 aliphatic heterocycles. The van der Waals surface area contributed by atoms with E-state index in [1.165, 1.54) is 25.0 Å². The monoisotopic (exact) mass is 239 g/mol. The minimum atomic E-state index is 0.525. The van der Waals surface area contributed by atoms with Crippen LogP contribution < -0.4 is 5.32 Å². The molecule has 90 valence electrons. The standard InChI is InChI=1S/C12H21N3S/c1-3-15-11(5-8-14-15)9-13-10-12(16-2)6-4-7-12/h5,8,13H,3-4,6-7,9-10H2,1-2H3. The highest BCUT2D eigenvalue weighted by molar-refractivity contribution is 8.00. The Balaban J connectivity index is 1.79. The zero-order valence-corrected chi connectivity index (χ0v) is 11.0. The van der Waals surface area contributed by atoms with Gasteiger partial charge in [-0.15, -0.1) is 0 Å². The molecule has 1 aliphatic rings. The molecule has 4 heteroatoms. The number of rotatable bonds is 6. The lowest BCUT2D eigenvalue weighted by atomic mass is 9.84. The molecule has 0 saturated heterocycles. The predicted octanol–water partition coefficient (Wildman–Crippen LogP) is 2.28. The SMILES string of the molecule is CCn1nccc1CNCC1(SC)CCC1. The van der Waals surface area contributed by atoms with E-state index in [1.807, 2.05) is 18.0 Å². The van der Waals surface area contributed by atoms with Crippen LogP contribution in [0.1, 0.15) is 31.9 Å². The van der Waals surface area contributed by atoms with Crippen LogP contribution >= 0.6 is 11.8 Å². The second-order valence-corrected chi connectivity index (χ2v) is 5.76. The topological polar surface area (TPSA) is 29.9 Å². The average Bonchev–Trinajstić information content (AvgIpc) is 2.69. The Morgan fingerprint density at radius 3 is 2.94 bits per heavy atom. The Morgan fingerprint density at radius 2 is 2.38 bits per heavy atom. The third-order valence-corrected chi connectivity index (χ3v) is 4.97. The molecule has 0 bridgehead atoms. The van der Waals surface area contributed by atoms with Crippen LogP contribution in [0, 0.1) is 0 Å². The van der Waals surface area contributed by atoms with Crippen molar-refractivity contribution in [2.45, 2.75) is 44.0 Å². The van der Waals surface area contributed by atoms with E-state index in [4.69, 9.17) is 0 Å². The highest BCUT2D eigenvalue weighted by atomic mass is 32.2. The molecule has 0 unspecified atom stereocenters. The highest BCUT2D eigenvalue weighted by Gasteiger charge is 2.35. The summed E-state index contributed by atoms with van der Waals surface area (Å²) in [4.78, 5) is 0. The minimum absolute atomic E-state index is 0.525. The van der Waals surface area contributed by atoms with Gasteiger partial charge in [0.2, 0.25) is 0 Å². The van der Waals surface area contributed by atoms with Crippen LogP contribution in [0.4, 0.5) is 0 Å². The van der Waals surface area contributed by atoms with Crippen molar-refractivity contribution in [2.75, 3.05) is 12.8 Å². The second kappa shape index (κ2) is 5.23. The summed E-state index contributed by atoms with van der Waals surface area (Å²) in [6, 6.07) is 2.10. The van der Waals surface area contributed by atoms with Gasteiger partial charge in [0, 0.05) is 30.6 Å². The second-order valence-electron chi connectivity index (χ2n) is 4.48. The zero-order chi connectivity index (χ0) is 11.4. The maximum absolute atomic E-state index is 4.28. The molecule has 1 aromatic rings. The number of thioether (sulfide) groups is 1. The van der Waals surface area contributed by atoms with Gasteiger partial charge in [0.25, 0.3) is 0 Å². The molecule has 1 heterocycles. The summed E-state index contributed by atoms with van der Waals surface area (Å²) >= 11 is 2.02. The van der Waals surface area contributed by atoms with Crippen molar-refractivity contribution in [1.29, 1.82) is 0 Å². The summed E-state index contributed by atoms with van der Waals surface area (Å²) < 4.78 is 2.58. The molecule has 0 aromatic carbocycles. The maximum atomic E-state index is 4.28. The summed E-state index contributed by atoms with van der Waals surface area (Å²) in [5.74, 6) is 0. The first-order chi connectivity index (χ1) is 7.79. The fourth-order valence-electron chi connectivity index (χ4n) is 2.24. The van der Waals surface area contributed by atoms with Crippen molar-refractivity contribution < 1.29 is 0 Å². The lowest BCUT2D eigenvalue weighted by Gasteiger charge is -2.40. The molecule has 3 nitrogen and oxygen atoms in total. The molecule has 1 aliphatic carbocycles. The summed E-state index contributed by atoms with van der Waals surface area (Å²) in [6.07, 6.45) is 8.25. The lowest BCUT2D eigenvalue weighted by Crippen LogP contribution is -2.43. The van der Waals surface area contributed by atoms with Gasteiger partial charge in [-0.25, -0.2) is 0 Å². The third kappa shape index (κ3) is 2.43. The maximum Gasteiger partial charge on any atom is 0.0521 e. The van der Waals surface area contributed by atoms with Crippen LogP contribution in [0.15, 0.2) is 12.3 Å². The van der Waals surface area contributed by atoms with E-state index < -0.39 is 0 Å². The summed E-state index contributed by atoms with van der Waals surface area (Å²) in [6.45, 7) is 5.16.